The molecule has 2 rings (SSSR count). The van der Waals surface area contributed by atoms with Gasteiger partial charge in [-0.2, -0.15) is 0 Å². The molecule has 0 saturated carbocycles. The first-order chi connectivity index (χ1) is 9.11. The van der Waals surface area contributed by atoms with Gasteiger partial charge in [-0.3, -0.25) is 0 Å². The molecule has 1 aromatic carbocycles. The zero-order valence-corrected chi connectivity index (χ0v) is 10.4. The Bertz CT molecular complexity index is 464. The van der Waals surface area contributed by atoms with Crippen molar-refractivity contribution in [3.8, 4) is 0 Å². The van der Waals surface area contributed by atoms with E-state index in [9.17, 15) is 9.59 Å². The van der Waals surface area contributed by atoms with Crippen LogP contribution in [0.5, 0.6) is 0 Å². The Hall–Kier alpha value is -2.08. The molecule has 1 aliphatic rings. The highest BCUT2D eigenvalue weighted by molar-refractivity contribution is 5.82. The van der Waals surface area contributed by atoms with E-state index in [4.69, 9.17) is 10.2 Å². The third kappa shape index (κ3) is 3.03. The minimum atomic E-state index is -1.14. The molecule has 0 aromatic heterocycles. The number of carboxylic acid groups (broad SMARTS) is 1. The number of aliphatic hydroxyl groups excluding tert-OH is 1. The molecule has 6 nitrogen and oxygen atoms in total. The first-order valence-corrected chi connectivity index (χ1v) is 6.07. The number of hydrogen-bond acceptors (Lipinski definition) is 3. The fourth-order valence-electron chi connectivity index (χ4n) is 2.10. The van der Waals surface area contributed by atoms with Gasteiger partial charge >= 0.3 is 12.0 Å². The van der Waals surface area contributed by atoms with Gasteiger partial charge in [0.25, 0.3) is 0 Å². The van der Waals surface area contributed by atoms with E-state index in [1.54, 1.807) is 4.90 Å². The maximum Gasteiger partial charge on any atom is 0.326 e. The largest absolute Gasteiger partial charge is 0.480 e. The molecule has 0 saturated heterocycles. The summed E-state index contributed by atoms with van der Waals surface area (Å²) in [4.78, 5) is 24.4. The van der Waals surface area contributed by atoms with Crippen LogP contribution in [0.4, 0.5) is 4.79 Å². The summed E-state index contributed by atoms with van der Waals surface area (Å²) in [7, 11) is 0. The first kappa shape index (κ1) is 13.4. The van der Waals surface area contributed by atoms with Gasteiger partial charge in [-0.15, -0.1) is 0 Å². The number of nitrogens with one attached hydrogen (secondary N) is 1. The van der Waals surface area contributed by atoms with Crippen LogP contribution in [0.1, 0.15) is 17.5 Å². The Morgan fingerprint density at radius 3 is 2.32 bits per heavy atom. The second-order valence-electron chi connectivity index (χ2n) is 4.48. The third-order valence-corrected chi connectivity index (χ3v) is 3.14. The fraction of sp³-hybridized carbons (Fsp3) is 0.385. The lowest BCUT2D eigenvalue weighted by atomic mass is 10.1. The molecule has 0 fully saturated rings. The standard InChI is InChI=1S/C13H16N2O4/c16-6-5-11(12(17)18)14-13(19)15-7-9-3-1-2-4-10(9)8-15/h1-4,11,16H,5-8H2,(H,14,19)(H,17,18)/t11-/m0/s1. The highest BCUT2D eigenvalue weighted by atomic mass is 16.4. The lowest BCUT2D eigenvalue weighted by Crippen LogP contribution is -2.46. The van der Waals surface area contributed by atoms with Crippen molar-refractivity contribution in [2.75, 3.05) is 6.61 Å². The number of urea groups is 1. The normalized spacial score (nSPS) is 14.9. The van der Waals surface area contributed by atoms with Crippen molar-refractivity contribution >= 4 is 12.0 Å². The van der Waals surface area contributed by atoms with Crippen LogP contribution in [0, 0.1) is 0 Å². The number of benzene rings is 1. The van der Waals surface area contributed by atoms with E-state index in [-0.39, 0.29) is 13.0 Å². The Kier molecular flexibility index (Phi) is 4.01. The van der Waals surface area contributed by atoms with Gasteiger partial charge in [0.05, 0.1) is 0 Å². The molecular weight excluding hydrogens is 248 g/mol. The smallest absolute Gasteiger partial charge is 0.326 e. The molecule has 3 N–H and O–H groups in total. The molecule has 1 aliphatic heterocycles. The number of carbonyl (C=O) groups excluding carboxylic acids is 1. The van der Waals surface area contributed by atoms with Crippen molar-refractivity contribution in [3.05, 3.63) is 35.4 Å². The zero-order valence-electron chi connectivity index (χ0n) is 10.4. The lowest BCUT2D eigenvalue weighted by Gasteiger charge is -2.20. The SMILES string of the molecule is O=C(O)[C@H](CCO)NC(=O)N1Cc2ccccc2C1. The number of rotatable bonds is 4. The van der Waals surface area contributed by atoms with E-state index in [0.29, 0.717) is 13.1 Å². The quantitative estimate of drug-likeness (QED) is 0.740. The highest BCUT2D eigenvalue weighted by Gasteiger charge is 2.26. The van der Waals surface area contributed by atoms with Crippen LogP contribution in [-0.2, 0) is 17.9 Å². The molecule has 0 unspecified atom stereocenters. The maximum absolute atomic E-state index is 12.0. The minimum absolute atomic E-state index is 0.00185. The molecule has 6 heteroatoms. The van der Waals surface area contributed by atoms with Crippen molar-refractivity contribution in [2.45, 2.75) is 25.6 Å². The molecule has 2 amide bonds. The summed E-state index contributed by atoms with van der Waals surface area (Å²) in [5.41, 5.74) is 2.15. The number of carbonyl (C=O) groups is 2. The van der Waals surface area contributed by atoms with Crippen LogP contribution < -0.4 is 5.32 Å². The Labute approximate surface area is 110 Å². The molecule has 0 bridgehead atoms. The Balaban J connectivity index is 1.97. The van der Waals surface area contributed by atoms with Crippen LogP contribution in [0.25, 0.3) is 0 Å². The summed E-state index contributed by atoms with van der Waals surface area (Å²) in [6.45, 7) is 0.679. The molecule has 1 atom stereocenters. The van der Waals surface area contributed by atoms with Crippen LogP contribution in [0.3, 0.4) is 0 Å². The molecule has 102 valence electrons. The molecular formula is C13H16N2O4. The van der Waals surface area contributed by atoms with Crippen LogP contribution in [0.2, 0.25) is 0 Å². The molecule has 1 heterocycles. The van der Waals surface area contributed by atoms with Crippen molar-refractivity contribution in [1.29, 1.82) is 0 Å². The zero-order chi connectivity index (χ0) is 13.8. The number of hydrogen-bond donors (Lipinski definition) is 3. The highest BCUT2D eigenvalue weighted by Crippen LogP contribution is 2.22. The molecule has 19 heavy (non-hydrogen) atoms. The van der Waals surface area contributed by atoms with Crippen molar-refractivity contribution in [2.24, 2.45) is 0 Å². The molecule has 0 aliphatic carbocycles. The van der Waals surface area contributed by atoms with E-state index in [1.165, 1.54) is 0 Å². The molecule has 1 aromatic rings. The number of nitrogens with zero attached hydrogens (tertiary/aromatic N) is 1. The van der Waals surface area contributed by atoms with Gasteiger partial charge in [-0.25, -0.2) is 9.59 Å². The fourth-order valence-corrected chi connectivity index (χ4v) is 2.10. The summed E-state index contributed by atoms with van der Waals surface area (Å²) >= 11 is 0. The average Bonchev–Trinajstić information content (AvgIpc) is 2.81. The predicted octanol–water partition coefficient (Wildman–Crippen LogP) is 0.547. The average molecular weight is 264 g/mol. The van der Waals surface area contributed by atoms with Gasteiger partial charge in [0, 0.05) is 26.1 Å². The summed E-state index contributed by atoms with van der Waals surface area (Å²) in [6, 6.07) is 6.24. The summed E-state index contributed by atoms with van der Waals surface area (Å²) in [5.74, 6) is -1.14. The number of carboxylic acids is 1. The first-order valence-electron chi connectivity index (χ1n) is 6.07. The number of aliphatic hydroxyl groups is 1. The van der Waals surface area contributed by atoms with Gasteiger partial charge in [0.2, 0.25) is 0 Å². The minimum Gasteiger partial charge on any atom is -0.480 e. The van der Waals surface area contributed by atoms with Gasteiger partial charge in [-0.1, -0.05) is 24.3 Å². The van der Waals surface area contributed by atoms with Gasteiger partial charge in [0.15, 0.2) is 0 Å². The van der Waals surface area contributed by atoms with Crippen LogP contribution >= 0.6 is 0 Å². The van der Waals surface area contributed by atoms with Crippen molar-refractivity contribution < 1.29 is 19.8 Å². The van der Waals surface area contributed by atoms with Crippen LogP contribution in [0.15, 0.2) is 24.3 Å². The summed E-state index contributed by atoms with van der Waals surface area (Å²) < 4.78 is 0. The van der Waals surface area contributed by atoms with Crippen molar-refractivity contribution in [1.82, 2.24) is 10.2 Å². The van der Waals surface area contributed by atoms with E-state index >= 15 is 0 Å². The second kappa shape index (κ2) is 5.71. The van der Waals surface area contributed by atoms with Gasteiger partial charge in [0.1, 0.15) is 6.04 Å². The Morgan fingerprint density at radius 2 is 1.84 bits per heavy atom. The maximum atomic E-state index is 12.0. The number of fused-ring (bicyclic) bond motifs is 1. The van der Waals surface area contributed by atoms with Crippen LogP contribution in [-0.4, -0.2) is 39.8 Å². The Morgan fingerprint density at radius 1 is 1.26 bits per heavy atom. The summed E-state index contributed by atoms with van der Waals surface area (Å²) in [5, 5.41) is 20.1. The molecule has 0 spiro atoms. The van der Waals surface area contributed by atoms with Gasteiger partial charge < -0.3 is 20.4 Å². The van der Waals surface area contributed by atoms with Crippen molar-refractivity contribution in [3.63, 3.8) is 0 Å². The third-order valence-electron chi connectivity index (χ3n) is 3.14. The van der Waals surface area contributed by atoms with Gasteiger partial charge in [-0.05, 0) is 11.1 Å². The van der Waals surface area contributed by atoms with E-state index in [2.05, 4.69) is 5.32 Å². The second-order valence-corrected chi connectivity index (χ2v) is 4.48. The summed E-state index contributed by atoms with van der Waals surface area (Å²) in [6.07, 6.45) is 0.00185. The van der Waals surface area contributed by atoms with E-state index < -0.39 is 18.0 Å². The van der Waals surface area contributed by atoms with E-state index in [0.717, 1.165) is 11.1 Å². The lowest BCUT2D eigenvalue weighted by molar-refractivity contribution is -0.139. The monoisotopic (exact) mass is 264 g/mol. The van der Waals surface area contributed by atoms with E-state index in [1.807, 2.05) is 24.3 Å². The number of aliphatic carboxylic acids is 1. The molecule has 0 radical (unpaired) electrons. The topological polar surface area (TPSA) is 89.9 Å². The predicted molar refractivity (Wildman–Crippen MR) is 67.3 cm³/mol. The number of amides is 2.